The van der Waals surface area contributed by atoms with E-state index < -0.39 is 0 Å². The van der Waals surface area contributed by atoms with Crippen LogP contribution in [-0.2, 0) is 0 Å². The second-order valence-corrected chi connectivity index (χ2v) is 4.89. The molecule has 2 rings (SSSR count). The third-order valence-electron chi connectivity index (χ3n) is 3.53. The zero-order valence-electron chi connectivity index (χ0n) is 11.0. The molecule has 1 aromatic carbocycles. The molecule has 0 aliphatic carbocycles. The van der Waals surface area contributed by atoms with Crippen molar-refractivity contribution in [3.8, 4) is 5.75 Å². The quantitative estimate of drug-likeness (QED) is 0.800. The molecule has 0 bridgehead atoms. The van der Waals surface area contributed by atoms with Gasteiger partial charge in [-0.1, -0.05) is 18.2 Å². The van der Waals surface area contributed by atoms with Crippen LogP contribution in [0.25, 0.3) is 0 Å². The molecule has 0 radical (unpaired) electrons. The second-order valence-electron chi connectivity index (χ2n) is 4.89. The molecule has 1 saturated heterocycles. The number of nitrogens with zero attached hydrogens (tertiary/aromatic N) is 1. The number of aryl methyl sites for hydroxylation is 1. The average Bonchev–Trinajstić information content (AvgIpc) is 2.38. The summed E-state index contributed by atoms with van der Waals surface area (Å²) in [5.74, 6) is 0.403. The first-order valence-electron chi connectivity index (χ1n) is 6.57. The summed E-state index contributed by atoms with van der Waals surface area (Å²) in [6, 6.07) is 6.19. The summed E-state index contributed by atoms with van der Waals surface area (Å²) in [4.78, 5) is 2.42. The van der Waals surface area contributed by atoms with Gasteiger partial charge in [-0.3, -0.25) is 4.90 Å². The SMILES string of the molecule is C=CC[C@@H](c1ccc(C)cc1O)N1CCNCC1. The fraction of sp³-hybridized carbons (Fsp3) is 0.467. The Bertz CT molecular complexity index is 411. The highest BCUT2D eigenvalue weighted by molar-refractivity contribution is 5.38. The van der Waals surface area contributed by atoms with Gasteiger partial charge in [0, 0.05) is 37.8 Å². The van der Waals surface area contributed by atoms with Crippen LogP contribution in [0, 0.1) is 6.92 Å². The third-order valence-corrected chi connectivity index (χ3v) is 3.53. The molecule has 2 N–H and O–H groups in total. The Labute approximate surface area is 109 Å². The molecule has 1 aromatic rings. The van der Waals surface area contributed by atoms with Crippen LogP contribution in [0.4, 0.5) is 0 Å². The molecular weight excluding hydrogens is 224 g/mol. The zero-order chi connectivity index (χ0) is 13.0. The topological polar surface area (TPSA) is 35.5 Å². The fourth-order valence-corrected chi connectivity index (χ4v) is 2.56. The lowest BCUT2D eigenvalue weighted by Gasteiger charge is -2.35. The van der Waals surface area contributed by atoms with Crippen LogP contribution in [0.3, 0.4) is 0 Å². The molecular formula is C15H22N2O. The number of hydrogen-bond donors (Lipinski definition) is 2. The van der Waals surface area contributed by atoms with Crippen LogP contribution >= 0.6 is 0 Å². The smallest absolute Gasteiger partial charge is 0.120 e. The van der Waals surface area contributed by atoms with Crippen molar-refractivity contribution in [3.63, 3.8) is 0 Å². The Hall–Kier alpha value is -1.32. The summed E-state index contributed by atoms with van der Waals surface area (Å²) < 4.78 is 0. The Morgan fingerprint density at radius 2 is 2.17 bits per heavy atom. The maximum Gasteiger partial charge on any atom is 0.120 e. The van der Waals surface area contributed by atoms with Crippen molar-refractivity contribution in [2.75, 3.05) is 26.2 Å². The van der Waals surface area contributed by atoms with E-state index in [1.807, 2.05) is 25.1 Å². The molecule has 1 heterocycles. The number of piperazine rings is 1. The summed E-state index contributed by atoms with van der Waals surface area (Å²) in [5.41, 5.74) is 2.11. The van der Waals surface area contributed by atoms with Gasteiger partial charge in [0.2, 0.25) is 0 Å². The molecule has 0 unspecified atom stereocenters. The Kier molecular flexibility index (Phi) is 4.39. The van der Waals surface area contributed by atoms with E-state index in [1.165, 1.54) is 0 Å². The minimum atomic E-state index is 0.241. The van der Waals surface area contributed by atoms with Crippen molar-refractivity contribution >= 4 is 0 Å². The highest BCUT2D eigenvalue weighted by Gasteiger charge is 2.23. The molecule has 0 saturated carbocycles. The summed E-state index contributed by atoms with van der Waals surface area (Å²) >= 11 is 0. The predicted molar refractivity (Wildman–Crippen MR) is 74.8 cm³/mol. The Morgan fingerprint density at radius 3 is 2.78 bits per heavy atom. The number of aromatic hydroxyl groups is 1. The lowest BCUT2D eigenvalue weighted by atomic mass is 9.99. The number of phenolic OH excluding ortho intramolecular Hbond substituents is 1. The largest absolute Gasteiger partial charge is 0.508 e. The molecule has 3 nitrogen and oxygen atoms in total. The number of phenols is 1. The van der Waals surface area contributed by atoms with E-state index in [0.717, 1.165) is 43.7 Å². The van der Waals surface area contributed by atoms with Crippen molar-refractivity contribution in [3.05, 3.63) is 42.0 Å². The normalized spacial score (nSPS) is 18.5. The molecule has 98 valence electrons. The van der Waals surface area contributed by atoms with E-state index in [0.29, 0.717) is 5.75 Å². The highest BCUT2D eigenvalue weighted by atomic mass is 16.3. The van der Waals surface area contributed by atoms with Crippen LogP contribution in [0.1, 0.15) is 23.6 Å². The van der Waals surface area contributed by atoms with Gasteiger partial charge in [0.05, 0.1) is 0 Å². The zero-order valence-corrected chi connectivity index (χ0v) is 11.0. The average molecular weight is 246 g/mol. The standard InChI is InChI=1S/C15H22N2O/c1-3-4-14(17-9-7-16-8-10-17)13-6-5-12(2)11-15(13)18/h3,5-6,11,14,16,18H,1,4,7-10H2,2H3/t14-/m0/s1. The van der Waals surface area contributed by atoms with E-state index in [2.05, 4.69) is 22.9 Å². The number of hydrogen-bond acceptors (Lipinski definition) is 3. The number of rotatable bonds is 4. The summed E-state index contributed by atoms with van der Waals surface area (Å²) in [6.45, 7) is 9.91. The Morgan fingerprint density at radius 1 is 1.44 bits per heavy atom. The van der Waals surface area contributed by atoms with Crippen LogP contribution in [0.5, 0.6) is 5.75 Å². The van der Waals surface area contributed by atoms with E-state index in [9.17, 15) is 5.11 Å². The van der Waals surface area contributed by atoms with Crippen LogP contribution in [0.15, 0.2) is 30.9 Å². The van der Waals surface area contributed by atoms with E-state index in [-0.39, 0.29) is 6.04 Å². The first kappa shape index (κ1) is 13.1. The second kappa shape index (κ2) is 6.03. The van der Waals surface area contributed by atoms with Gasteiger partial charge in [-0.15, -0.1) is 6.58 Å². The molecule has 0 amide bonds. The maximum atomic E-state index is 10.1. The van der Waals surface area contributed by atoms with E-state index in [4.69, 9.17) is 0 Å². The Balaban J connectivity index is 2.24. The first-order valence-corrected chi connectivity index (χ1v) is 6.57. The van der Waals surface area contributed by atoms with Gasteiger partial charge < -0.3 is 10.4 Å². The minimum Gasteiger partial charge on any atom is -0.508 e. The summed E-state index contributed by atoms with van der Waals surface area (Å²) in [7, 11) is 0. The molecule has 1 fully saturated rings. The first-order chi connectivity index (χ1) is 8.72. The lowest BCUT2D eigenvalue weighted by Crippen LogP contribution is -2.45. The van der Waals surface area contributed by atoms with Gasteiger partial charge in [-0.2, -0.15) is 0 Å². The van der Waals surface area contributed by atoms with E-state index in [1.54, 1.807) is 0 Å². The lowest BCUT2D eigenvalue weighted by molar-refractivity contribution is 0.172. The molecule has 1 aliphatic heterocycles. The van der Waals surface area contributed by atoms with Crippen LogP contribution in [0.2, 0.25) is 0 Å². The summed E-state index contributed by atoms with van der Waals surface area (Å²) in [6.07, 6.45) is 2.81. The minimum absolute atomic E-state index is 0.241. The van der Waals surface area contributed by atoms with Gasteiger partial charge >= 0.3 is 0 Å². The highest BCUT2D eigenvalue weighted by Crippen LogP contribution is 2.32. The third kappa shape index (κ3) is 2.92. The molecule has 1 atom stereocenters. The maximum absolute atomic E-state index is 10.1. The van der Waals surface area contributed by atoms with E-state index >= 15 is 0 Å². The van der Waals surface area contributed by atoms with Crippen molar-refractivity contribution in [1.29, 1.82) is 0 Å². The number of benzene rings is 1. The van der Waals surface area contributed by atoms with Crippen LogP contribution in [-0.4, -0.2) is 36.2 Å². The van der Waals surface area contributed by atoms with Gasteiger partial charge in [0.25, 0.3) is 0 Å². The molecule has 1 aliphatic rings. The van der Waals surface area contributed by atoms with Crippen LogP contribution < -0.4 is 5.32 Å². The predicted octanol–water partition coefficient (Wildman–Crippen LogP) is 2.22. The summed E-state index contributed by atoms with van der Waals surface area (Å²) in [5, 5.41) is 13.5. The van der Waals surface area contributed by atoms with Gasteiger partial charge in [0.15, 0.2) is 0 Å². The monoisotopic (exact) mass is 246 g/mol. The number of nitrogens with one attached hydrogen (secondary N) is 1. The molecule has 0 aromatic heterocycles. The fourth-order valence-electron chi connectivity index (χ4n) is 2.56. The molecule has 0 spiro atoms. The van der Waals surface area contributed by atoms with Gasteiger partial charge in [-0.05, 0) is 25.0 Å². The molecule has 3 heteroatoms. The van der Waals surface area contributed by atoms with Crippen molar-refractivity contribution < 1.29 is 5.11 Å². The molecule has 18 heavy (non-hydrogen) atoms. The van der Waals surface area contributed by atoms with Crippen molar-refractivity contribution in [2.45, 2.75) is 19.4 Å². The van der Waals surface area contributed by atoms with Gasteiger partial charge in [-0.25, -0.2) is 0 Å². The van der Waals surface area contributed by atoms with Crippen molar-refractivity contribution in [2.24, 2.45) is 0 Å². The van der Waals surface area contributed by atoms with Gasteiger partial charge in [0.1, 0.15) is 5.75 Å². The van der Waals surface area contributed by atoms with Crippen molar-refractivity contribution in [1.82, 2.24) is 10.2 Å².